The molecule has 8 nitrogen and oxygen atoms in total. The first-order valence-electron chi connectivity index (χ1n) is 10.2. The van der Waals surface area contributed by atoms with Crippen molar-refractivity contribution in [2.75, 3.05) is 16.4 Å². The lowest BCUT2D eigenvalue weighted by Gasteiger charge is -2.10. The Kier molecular flexibility index (Phi) is 5.23. The van der Waals surface area contributed by atoms with Crippen LogP contribution in [0.1, 0.15) is 11.5 Å². The fourth-order valence-electron chi connectivity index (χ4n) is 3.71. The number of carbonyl (C=O) groups excluding carboxylic acids is 1. The molecule has 0 aliphatic heterocycles. The van der Waals surface area contributed by atoms with Gasteiger partial charge in [0.15, 0.2) is 5.76 Å². The lowest BCUT2D eigenvalue weighted by atomic mass is 10.0. The molecule has 0 saturated heterocycles. The van der Waals surface area contributed by atoms with Crippen LogP contribution < -0.4 is 16.4 Å². The minimum Gasteiger partial charge on any atom is -0.383 e. The first-order chi connectivity index (χ1) is 16.0. The van der Waals surface area contributed by atoms with Crippen LogP contribution in [0, 0.1) is 13.8 Å². The van der Waals surface area contributed by atoms with Crippen LogP contribution in [-0.4, -0.2) is 21.2 Å². The Morgan fingerprint density at radius 3 is 2.67 bits per heavy atom. The number of urea groups is 1. The predicted molar refractivity (Wildman–Crippen MR) is 131 cm³/mol. The number of amides is 2. The van der Waals surface area contributed by atoms with Gasteiger partial charge in [-0.15, -0.1) is 11.3 Å². The monoisotopic (exact) mass is 456 g/mol. The molecule has 0 unspecified atom stereocenters. The largest absolute Gasteiger partial charge is 0.383 e. The van der Waals surface area contributed by atoms with E-state index in [0.29, 0.717) is 28.6 Å². The molecule has 0 spiro atoms. The molecule has 4 N–H and O–H groups in total. The van der Waals surface area contributed by atoms with E-state index < -0.39 is 0 Å². The van der Waals surface area contributed by atoms with Gasteiger partial charge in [-0.2, -0.15) is 0 Å². The maximum absolute atomic E-state index is 12.5. The van der Waals surface area contributed by atoms with Crippen molar-refractivity contribution in [3.8, 4) is 22.3 Å². The van der Waals surface area contributed by atoms with Crippen LogP contribution in [-0.2, 0) is 0 Å². The van der Waals surface area contributed by atoms with E-state index in [0.717, 1.165) is 32.3 Å². The average Bonchev–Trinajstić information content (AvgIpc) is 3.40. The number of nitrogen functional groups attached to an aromatic ring is 1. The number of carbonyl (C=O) groups is 1. The number of hydrogen-bond donors (Lipinski definition) is 3. The number of anilines is 3. The molecule has 0 saturated carbocycles. The summed E-state index contributed by atoms with van der Waals surface area (Å²) in [5.41, 5.74) is 12.0. The van der Waals surface area contributed by atoms with Crippen LogP contribution in [0.25, 0.3) is 32.3 Å². The van der Waals surface area contributed by atoms with Crippen molar-refractivity contribution in [1.29, 1.82) is 0 Å². The molecule has 33 heavy (non-hydrogen) atoms. The highest BCUT2D eigenvalue weighted by Gasteiger charge is 2.16. The Hall–Kier alpha value is -4.24. The van der Waals surface area contributed by atoms with Crippen molar-refractivity contribution in [3.05, 3.63) is 71.8 Å². The Morgan fingerprint density at radius 2 is 1.91 bits per heavy atom. The summed E-state index contributed by atoms with van der Waals surface area (Å²) < 4.78 is 6.14. The number of nitrogens with one attached hydrogen (secondary N) is 2. The van der Waals surface area contributed by atoms with Gasteiger partial charge in [0.05, 0.1) is 0 Å². The lowest BCUT2D eigenvalue weighted by molar-refractivity contribution is 0.262. The van der Waals surface area contributed by atoms with Crippen molar-refractivity contribution in [2.24, 2.45) is 0 Å². The third-order valence-electron chi connectivity index (χ3n) is 5.30. The van der Waals surface area contributed by atoms with E-state index in [1.54, 1.807) is 37.6 Å². The number of rotatable bonds is 4. The molecule has 0 atom stereocenters. The zero-order chi connectivity index (χ0) is 22.9. The molecule has 0 fully saturated rings. The van der Waals surface area contributed by atoms with Crippen molar-refractivity contribution < 1.29 is 9.32 Å². The molecule has 9 heteroatoms. The molecule has 0 radical (unpaired) electrons. The average molecular weight is 457 g/mol. The zero-order valence-corrected chi connectivity index (χ0v) is 18.7. The summed E-state index contributed by atoms with van der Waals surface area (Å²) in [5, 5.41) is 12.5. The molecule has 2 amide bonds. The minimum absolute atomic E-state index is 0.378. The number of aromatic nitrogens is 3. The van der Waals surface area contributed by atoms with Gasteiger partial charge in [-0.25, -0.2) is 9.78 Å². The maximum Gasteiger partial charge on any atom is 0.323 e. The SMILES string of the molecule is Cc1noc(C)c1NC(=O)Nc1cccc(-c2csc3c(-c4cccnc4)cnc(N)c23)c1. The minimum atomic E-state index is -0.378. The predicted octanol–water partition coefficient (Wildman–Crippen LogP) is 5.86. The first kappa shape index (κ1) is 20.7. The first-order valence-corrected chi connectivity index (χ1v) is 11.1. The third kappa shape index (κ3) is 3.90. The summed E-state index contributed by atoms with van der Waals surface area (Å²) in [5.74, 6) is 1.01. The summed E-state index contributed by atoms with van der Waals surface area (Å²) in [6.07, 6.45) is 5.34. The molecule has 0 bridgehead atoms. The Labute approximate surface area is 193 Å². The molecule has 5 aromatic rings. The highest BCUT2D eigenvalue weighted by Crippen LogP contribution is 2.41. The van der Waals surface area contributed by atoms with Crippen LogP contribution in [0.4, 0.5) is 22.0 Å². The second-order valence-electron chi connectivity index (χ2n) is 7.51. The molecular weight excluding hydrogens is 436 g/mol. The molecule has 4 heterocycles. The molecular formula is C24H20N6O2S. The van der Waals surface area contributed by atoms with Gasteiger partial charge < -0.3 is 20.9 Å². The summed E-state index contributed by atoms with van der Waals surface area (Å²) in [6, 6.07) is 11.1. The maximum atomic E-state index is 12.5. The molecule has 164 valence electrons. The number of hydrogen-bond acceptors (Lipinski definition) is 7. The number of pyridine rings is 2. The number of nitrogens with two attached hydrogens (primary N) is 1. The van der Waals surface area contributed by atoms with E-state index in [-0.39, 0.29) is 6.03 Å². The van der Waals surface area contributed by atoms with Gasteiger partial charge in [0, 0.05) is 51.1 Å². The molecule has 1 aromatic carbocycles. The van der Waals surface area contributed by atoms with Crippen LogP contribution in [0.3, 0.4) is 0 Å². The zero-order valence-electron chi connectivity index (χ0n) is 17.9. The van der Waals surface area contributed by atoms with Gasteiger partial charge in [-0.1, -0.05) is 23.4 Å². The number of fused-ring (bicyclic) bond motifs is 1. The van der Waals surface area contributed by atoms with Crippen LogP contribution >= 0.6 is 11.3 Å². The Balaban J connectivity index is 1.48. The van der Waals surface area contributed by atoms with Gasteiger partial charge >= 0.3 is 6.03 Å². The van der Waals surface area contributed by atoms with E-state index >= 15 is 0 Å². The molecule has 0 aliphatic rings. The van der Waals surface area contributed by atoms with Crippen molar-refractivity contribution in [3.63, 3.8) is 0 Å². The third-order valence-corrected chi connectivity index (χ3v) is 6.31. The van der Waals surface area contributed by atoms with E-state index in [4.69, 9.17) is 10.3 Å². The van der Waals surface area contributed by atoms with E-state index in [2.05, 4.69) is 31.1 Å². The van der Waals surface area contributed by atoms with Gasteiger partial charge in [0.25, 0.3) is 0 Å². The summed E-state index contributed by atoms with van der Waals surface area (Å²) in [7, 11) is 0. The summed E-state index contributed by atoms with van der Waals surface area (Å²) in [4.78, 5) is 21.2. The number of thiophene rings is 1. The fraction of sp³-hybridized carbons (Fsp3) is 0.0833. The van der Waals surface area contributed by atoms with Crippen molar-refractivity contribution in [1.82, 2.24) is 15.1 Å². The summed E-state index contributed by atoms with van der Waals surface area (Å²) >= 11 is 1.61. The van der Waals surface area contributed by atoms with Gasteiger partial charge in [0.1, 0.15) is 17.2 Å². The van der Waals surface area contributed by atoms with Crippen molar-refractivity contribution >= 4 is 44.6 Å². The van der Waals surface area contributed by atoms with E-state index in [1.807, 2.05) is 42.6 Å². The van der Waals surface area contributed by atoms with Gasteiger partial charge in [-0.3, -0.25) is 4.98 Å². The normalized spacial score (nSPS) is 11.0. The van der Waals surface area contributed by atoms with E-state index in [1.165, 1.54) is 0 Å². The van der Waals surface area contributed by atoms with Gasteiger partial charge in [-0.05, 0) is 43.0 Å². The standard InChI is InChI=1S/C24H20N6O2S/c1-13-21(14(2)32-30-13)29-24(31)28-17-7-3-5-15(9-17)19-12-33-22-18(11-27-23(25)20(19)22)16-6-4-8-26-10-16/h3-12H,1-2H3,(H2,25,27)(H2,28,29,31). The molecule has 0 aliphatic carbocycles. The topological polar surface area (TPSA) is 119 Å². The second kappa shape index (κ2) is 8.36. The van der Waals surface area contributed by atoms with Gasteiger partial charge in [0.2, 0.25) is 0 Å². The number of nitrogens with zero attached hydrogens (tertiary/aromatic N) is 3. The quantitative estimate of drug-likeness (QED) is 0.312. The highest BCUT2D eigenvalue weighted by atomic mass is 32.1. The van der Waals surface area contributed by atoms with E-state index in [9.17, 15) is 4.79 Å². The molecule has 5 rings (SSSR count). The lowest BCUT2D eigenvalue weighted by Crippen LogP contribution is -2.20. The highest BCUT2D eigenvalue weighted by molar-refractivity contribution is 7.18. The molecule has 4 aromatic heterocycles. The number of benzene rings is 1. The van der Waals surface area contributed by atoms with Crippen molar-refractivity contribution in [2.45, 2.75) is 13.8 Å². The number of aryl methyl sites for hydroxylation is 2. The Bertz CT molecular complexity index is 1460. The smallest absolute Gasteiger partial charge is 0.323 e. The van der Waals surface area contributed by atoms with Crippen LogP contribution in [0.2, 0.25) is 0 Å². The van der Waals surface area contributed by atoms with Crippen LogP contribution in [0.5, 0.6) is 0 Å². The second-order valence-corrected chi connectivity index (χ2v) is 8.39. The summed E-state index contributed by atoms with van der Waals surface area (Å²) in [6.45, 7) is 3.52. The Morgan fingerprint density at radius 1 is 1.06 bits per heavy atom. The van der Waals surface area contributed by atoms with Crippen LogP contribution in [0.15, 0.2) is 64.9 Å². The fourth-order valence-corrected chi connectivity index (χ4v) is 4.83.